The summed E-state index contributed by atoms with van der Waals surface area (Å²) < 4.78 is 27.4. The molecule has 6 atom stereocenters. The molecule has 1 fully saturated rings. The van der Waals surface area contributed by atoms with E-state index >= 15 is 0 Å². The zero-order chi connectivity index (χ0) is 34.1. The van der Waals surface area contributed by atoms with Gasteiger partial charge >= 0.3 is 19.8 Å². The second-order valence-electron chi connectivity index (χ2n) is 10.5. The van der Waals surface area contributed by atoms with Gasteiger partial charge in [0.1, 0.15) is 25.4 Å². The highest BCUT2D eigenvalue weighted by molar-refractivity contribution is 7.34. The Labute approximate surface area is 273 Å². The maximum absolute atomic E-state index is 13.2. The van der Waals surface area contributed by atoms with Crippen LogP contribution >= 0.6 is 8.17 Å². The predicted molar refractivity (Wildman–Crippen MR) is 167 cm³/mol. The van der Waals surface area contributed by atoms with Crippen LogP contribution in [0.4, 0.5) is 0 Å². The average Bonchev–Trinajstić information content (AvgIpc) is 3.32. The van der Waals surface area contributed by atoms with Gasteiger partial charge in [0.15, 0.2) is 18.0 Å². The number of esters is 1. The molecule has 1 aromatic heterocycles. The number of carbonyl (C=O) groups is 1. The van der Waals surface area contributed by atoms with Gasteiger partial charge in [-0.3, -0.25) is 18.9 Å². The predicted octanol–water partition coefficient (Wildman–Crippen LogP) is 2.46. The number of aliphatic hydroxyl groups is 2. The number of aliphatic hydroxyl groups excluding tert-OH is 2. The summed E-state index contributed by atoms with van der Waals surface area (Å²) >= 11 is 0. The van der Waals surface area contributed by atoms with Crippen LogP contribution in [0.5, 0.6) is 11.5 Å². The third-order valence-corrected chi connectivity index (χ3v) is 8.02. The molecular formula is C31H29N6O10P. The van der Waals surface area contributed by atoms with Crippen LogP contribution in [0.25, 0.3) is 10.4 Å². The Morgan fingerprint density at radius 3 is 2.33 bits per heavy atom. The zero-order valence-electron chi connectivity index (χ0n) is 25.0. The SMILES string of the molecule is [N-]=[N+]=N[C@]1(COc2ccccc2O[P+]([O-])=N[C@@H](Cc2ccccc2)C(=O)OCc2ccccc2)O[C@@H](n2ccc(=O)[nH]c2=O)[C@H](O)[C@@H]1O. The number of hydrogen-bond donors (Lipinski definition) is 3. The maximum Gasteiger partial charge on any atom is 0.395 e. The first-order valence-corrected chi connectivity index (χ1v) is 15.6. The molecule has 48 heavy (non-hydrogen) atoms. The molecule has 248 valence electrons. The number of benzene rings is 3. The van der Waals surface area contributed by atoms with Gasteiger partial charge in [-0.1, -0.05) is 82.7 Å². The molecular weight excluding hydrogens is 647 g/mol. The molecule has 1 unspecified atom stereocenters. The first kappa shape index (κ1) is 34.0. The minimum absolute atomic E-state index is 0.0119. The largest absolute Gasteiger partial charge is 0.575 e. The van der Waals surface area contributed by atoms with Crippen molar-refractivity contribution in [1.82, 2.24) is 9.55 Å². The van der Waals surface area contributed by atoms with E-state index in [4.69, 9.17) is 18.7 Å². The van der Waals surface area contributed by atoms with E-state index < -0.39 is 62.2 Å². The van der Waals surface area contributed by atoms with Gasteiger partial charge in [-0.15, -0.1) is 0 Å². The summed E-state index contributed by atoms with van der Waals surface area (Å²) in [6, 6.07) is 23.8. The van der Waals surface area contributed by atoms with Crippen molar-refractivity contribution in [2.75, 3.05) is 6.61 Å². The van der Waals surface area contributed by atoms with Crippen LogP contribution in [0, 0.1) is 0 Å². The van der Waals surface area contributed by atoms with E-state index in [2.05, 4.69) is 14.8 Å². The summed E-state index contributed by atoms with van der Waals surface area (Å²) in [5, 5.41) is 25.1. The van der Waals surface area contributed by atoms with E-state index in [9.17, 15) is 35.0 Å². The molecule has 0 amide bonds. The molecule has 0 radical (unpaired) electrons. The Bertz CT molecular complexity index is 1920. The second kappa shape index (κ2) is 15.5. The molecule has 3 aromatic carbocycles. The van der Waals surface area contributed by atoms with E-state index in [1.807, 2.05) is 17.1 Å². The summed E-state index contributed by atoms with van der Waals surface area (Å²) in [5.74, 6) is -0.849. The van der Waals surface area contributed by atoms with Crippen LogP contribution in [0.1, 0.15) is 17.4 Å². The maximum atomic E-state index is 13.2. The molecule has 0 saturated carbocycles. The molecule has 3 N–H and O–H groups in total. The van der Waals surface area contributed by atoms with Crippen molar-refractivity contribution >= 4 is 14.1 Å². The highest BCUT2D eigenvalue weighted by Gasteiger charge is 2.56. The zero-order valence-corrected chi connectivity index (χ0v) is 25.9. The molecule has 0 bridgehead atoms. The third-order valence-electron chi connectivity index (χ3n) is 7.20. The van der Waals surface area contributed by atoms with Crippen LogP contribution in [-0.2, 0) is 27.3 Å². The lowest BCUT2D eigenvalue weighted by atomic mass is 10.1. The third kappa shape index (κ3) is 8.14. The van der Waals surface area contributed by atoms with Gasteiger partial charge < -0.3 is 29.3 Å². The number of H-pyrrole nitrogens is 1. The standard InChI is InChI=1S/C31H29N6O10P/c32-36-35-31(27(40)26(39)28(46-31)37-16-15-25(38)33-30(37)42)19-45-23-13-7-8-14-24(23)47-48(43)34-22(17-20-9-3-1-4-10-20)29(41)44-18-21-11-5-2-6-12-21/h1-16,22,26-28,39-40H,17-19H2,(H,33,38,42)/t22-,26+,27-,28+,31+/m0/s1. The Morgan fingerprint density at radius 1 is 1.02 bits per heavy atom. The highest BCUT2D eigenvalue weighted by atomic mass is 31.1. The fraction of sp³-hybridized carbons (Fsp3) is 0.258. The molecule has 16 nitrogen and oxygen atoms in total. The van der Waals surface area contributed by atoms with Gasteiger partial charge in [0.05, 0.1) is 0 Å². The van der Waals surface area contributed by atoms with Crippen molar-refractivity contribution in [2.45, 2.75) is 43.2 Å². The summed E-state index contributed by atoms with van der Waals surface area (Å²) in [4.78, 5) is 54.8. The number of azide groups is 1. The topological polar surface area (TPSA) is 233 Å². The highest BCUT2D eigenvalue weighted by Crippen LogP contribution is 2.40. The fourth-order valence-electron chi connectivity index (χ4n) is 4.81. The van der Waals surface area contributed by atoms with Crippen molar-refractivity contribution < 1.29 is 38.6 Å². The molecule has 2 heterocycles. The lowest BCUT2D eigenvalue weighted by Crippen LogP contribution is -2.46. The number of nitrogens with zero attached hydrogens (tertiary/aromatic N) is 5. The van der Waals surface area contributed by atoms with Gasteiger partial charge in [0.2, 0.25) is 11.5 Å². The number of aromatic amines is 1. The van der Waals surface area contributed by atoms with Crippen LogP contribution in [0.3, 0.4) is 0 Å². The monoisotopic (exact) mass is 676 g/mol. The number of nitrogens with one attached hydrogen (secondary N) is 1. The van der Waals surface area contributed by atoms with E-state index in [0.29, 0.717) is 0 Å². The van der Waals surface area contributed by atoms with Crippen molar-refractivity contribution in [1.29, 1.82) is 0 Å². The Hall–Kier alpha value is -5.34. The van der Waals surface area contributed by atoms with Crippen LogP contribution < -0.4 is 25.4 Å². The first-order chi connectivity index (χ1) is 23.2. The van der Waals surface area contributed by atoms with Crippen molar-refractivity contribution in [2.24, 2.45) is 9.86 Å². The molecule has 1 aliphatic rings. The number of para-hydroxylation sites is 2. The van der Waals surface area contributed by atoms with Gasteiger partial charge in [-0.2, -0.15) is 0 Å². The first-order valence-electron chi connectivity index (χ1n) is 14.4. The van der Waals surface area contributed by atoms with E-state index in [0.717, 1.165) is 28.0 Å². The quantitative estimate of drug-likeness (QED) is 0.0615. The Balaban J connectivity index is 1.34. The lowest BCUT2D eigenvalue weighted by molar-refractivity contribution is -0.170. The number of ether oxygens (including phenoxy) is 3. The minimum atomic E-state index is -2.88. The summed E-state index contributed by atoms with van der Waals surface area (Å²) in [6.07, 6.45) is -4.12. The molecule has 17 heteroatoms. The molecule has 1 saturated heterocycles. The molecule has 0 spiro atoms. The molecule has 1 aliphatic heterocycles. The average molecular weight is 677 g/mol. The van der Waals surface area contributed by atoms with Gasteiger partial charge in [0, 0.05) is 23.6 Å². The van der Waals surface area contributed by atoms with Crippen molar-refractivity contribution in [3.05, 3.63) is 140 Å². The summed E-state index contributed by atoms with van der Waals surface area (Å²) in [7, 11) is -2.88. The van der Waals surface area contributed by atoms with Crippen molar-refractivity contribution in [3.8, 4) is 11.5 Å². The van der Waals surface area contributed by atoms with Gasteiger partial charge in [0.25, 0.3) is 5.56 Å². The van der Waals surface area contributed by atoms with Gasteiger partial charge in [-0.05, 0) is 28.8 Å². The van der Waals surface area contributed by atoms with Crippen LogP contribution in [0.2, 0.25) is 0 Å². The fourth-order valence-corrected chi connectivity index (χ4v) is 5.58. The molecule has 4 aromatic rings. The van der Waals surface area contributed by atoms with E-state index in [1.54, 1.807) is 60.7 Å². The van der Waals surface area contributed by atoms with Crippen LogP contribution in [0.15, 0.2) is 117 Å². The summed E-state index contributed by atoms with van der Waals surface area (Å²) in [6.45, 7) is -0.720. The lowest BCUT2D eigenvalue weighted by Gasteiger charge is -2.26. The van der Waals surface area contributed by atoms with E-state index in [-0.39, 0.29) is 24.5 Å². The molecule has 0 aliphatic carbocycles. The normalized spacial score (nSPS) is 21.1. The summed E-state index contributed by atoms with van der Waals surface area (Å²) in [5.41, 5.74) is 6.86. The Kier molecular flexibility index (Phi) is 11.0. The van der Waals surface area contributed by atoms with Crippen molar-refractivity contribution in [3.63, 3.8) is 0 Å². The van der Waals surface area contributed by atoms with Gasteiger partial charge in [-0.25, -0.2) is 9.59 Å². The van der Waals surface area contributed by atoms with Crippen LogP contribution in [-0.4, -0.2) is 56.3 Å². The number of rotatable bonds is 13. The molecule has 5 rings (SSSR count). The van der Waals surface area contributed by atoms with E-state index in [1.165, 1.54) is 12.1 Å². The number of carbonyl (C=O) groups excluding carboxylic acids is 1. The number of hydrogen-bond acceptors (Lipinski definition) is 12. The second-order valence-corrected chi connectivity index (χ2v) is 11.4. The minimum Gasteiger partial charge on any atom is -0.575 e. The number of aromatic nitrogens is 2. The smallest absolute Gasteiger partial charge is 0.395 e. The Morgan fingerprint density at radius 2 is 1.67 bits per heavy atom.